The first kappa shape index (κ1) is 27.0. The molecule has 0 N–H and O–H groups in total. The number of ether oxygens (including phenoxy) is 4. The standard InChI is InChI=1S/C34H34O5/c1-5-13-27(14-6-1)21-35-25-31-33(38-23-29-17-9-3-10-18-29)34(39-24-30-19-11-4-12-20-30)32(26-37-31)36-22-28-15-7-2-8-16-28/h1-20,31-34H,21-25H2/t31?,32-,33+,34+/m0/s1. The average molecular weight is 523 g/mol. The molecule has 0 fully saturated rings. The van der Waals surface area contributed by atoms with Crippen molar-refractivity contribution >= 4 is 6.29 Å². The van der Waals surface area contributed by atoms with Crippen LogP contribution in [0.2, 0.25) is 0 Å². The molecule has 0 amide bonds. The van der Waals surface area contributed by atoms with Crippen LogP contribution in [0.3, 0.4) is 0 Å². The van der Waals surface area contributed by atoms with E-state index in [0.29, 0.717) is 33.0 Å². The topological polar surface area (TPSA) is 48.2 Å². The molecule has 0 radical (unpaired) electrons. The largest absolute Gasteiger partial charge is 0.446 e. The fourth-order valence-corrected chi connectivity index (χ4v) is 4.48. The third-order valence-corrected chi connectivity index (χ3v) is 6.56. The molecular weight excluding hydrogens is 488 g/mol. The SMILES string of the molecule is [C-]1=[O+]C(COCc2ccccc2)[C@@H](OCc2ccccc2)[C@H](OCc2ccccc2)[C@H]1OCc1ccccc1. The summed E-state index contributed by atoms with van der Waals surface area (Å²) >= 11 is 0. The lowest BCUT2D eigenvalue weighted by Crippen LogP contribution is -2.54. The fourth-order valence-electron chi connectivity index (χ4n) is 4.48. The van der Waals surface area contributed by atoms with Gasteiger partial charge < -0.3 is 23.4 Å². The molecule has 0 aromatic heterocycles. The van der Waals surface area contributed by atoms with Crippen LogP contribution in [0.1, 0.15) is 22.3 Å². The van der Waals surface area contributed by atoms with E-state index in [2.05, 4.69) is 6.29 Å². The van der Waals surface area contributed by atoms with Crippen LogP contribution in [0.15, 0.2) is 121 Å². The molecular formula is C34H34O5. The second-order valence-corrected chi connectivity index (χ2v) is 9.51. The van der Waals surface area contributed by atoms with Gasteiger partial charge in [0.1, 0.15) is 6.61 Å². The molecule has 5 rings (SSSR count). The molecule has 4 aromatic carbocycles. The van der Waals surface area contributed by atoms with Gasteiger partial charge in [-0.05, 0) is 22.3 Å². The Labute approximate surface area is 230 Å². The van der Waals surface area contributed by atoms with Gasteiger partial charge in [-0.1, -0.05) is 121 Å². The van der Waals surface area contributed by atoms with Crippen molar-refractivity contribution in [2.45, 2.75) is 50.8 Å². The number of hydrogen-bond donors (Lipinski definition) is 0. The first-order chi connectivity index (χ1) is 19.3. The summed E-state index contributed by atoms with van der Waals surface area (Å²) in [5.74, 6) is 0. The Morgan fingerprint density at radius 1 is 0.487 bits per heavy atom. The number of benzene rings is 4. The molecule has 5 nitrogen and oxygen atoms in total. The predicted octanol–water partition coefficient (Wildman–Crippen LogP) is 5.99. The Balaban J connectivity index is 1.34. The van der Waals surface area contributed by atoms with Crippen LogP contribution < -0.4 is 0 Å². The van der Waals surface area contributed by atoms with E-state index in [0.717, 1.165) is 22.3 Å². The molecule has 1 aliphatic rings. The Kier molecular flexibility index (Phi) is 10.0. The second kappa shape index (κ2) is 14.5. The minimum absolute atomic E-state index is 0.331. The van der Waals surface area contributed by atoms with Crippen molar-refractivity contribution in [3.63, 3.8) is 0 Å². The Morgan fingerprint density at radius 2 is 0.897 bits per heavy atom. The van der Waals surface area contributed by atoms with Crippen molar-refractivity contribution < 1.29 is 23.4 Å². The Hall–Kier alpha value is -3.61. The second-order valence-electron chi connectivity index (χ2n) is 9.51. The quantitative estimate of drug-likeness (QED) is 0.160. The van der Waals surface area contributed by atoms with Crippen molar-refractivity contribution in [2.24, 2.45) is 0 Å². The van der Waals surface area contributed by atoms with E-state index in [1.807, 2.05) is 121 Å². The van der Waals surface area contributed by atoms with Gasteiger partial charge in [0.15, 0.2) is 6.10 Å². The Bertz CT molecular complexity index is 1250. The molecule has 0 saturated carbocycles. The van der Waals surface area contributed by atoms with Gasteiger partial charge in [-0.3, -0.25) is 0 Å². The van der Waals surface area contributed by atoms with E-state index in [-0.39, 0.29) is 0 Å². The molecule has 0 saturated heterocycles. The summed E-state index contributed by atoms with van der Waals surface area (Å²) in [5, 5.41) is 0. The van der Waals surface area contributed by atoms with Crippen molar-refractivity contribution in [3.05, 3.63) is 144 Å². The van der Waals surface area contributed by atoms with Gasteiger partial charge in [0.25, 0.3) is 6.10 Å². The van der Waals surface area contributed by atoms with Crippen molar-refractivity contribution in [2.75, 3.05) is 6.61 Å². The summed E-state index contributed by atoms with van der Waals surface area (Å²) in [6.07, 6.45) is 1.26. The smallest absolute Gasteiger partial charge is 0.278 e. The van der Waals surface area contributed by atoms with Crippen LogP contribution in [-0.2, 0) is 49.8 Å². The van der Waals surface area contributed by atoms with Crippen LogP contribution in [0.4, 0.5) is 0 Å². The summed E-state index contributed by atoms with van der Waals surface area (Å²) in [5.41, 5.74) is 4.31. The van der Waals surface area contributed by atoms with Gasteiger partial charge in [-0.25, -0.2) is 0 Å². The zero-order valence-electron chi connectivity index (χ0n) is 21.9. The Morgan fingerprint density at radius 3 is 1.38 bits per heavy atom. The first-order valence-corrected chi connectivity index (χ1v) is 13.3. The molecule has 0 spiro atoms. The summed E-state index contributed by atoms with van der Waals surface area (Å²) in [4.78, 5) is 0. The van der Waals surface area contributed by atoms with Crippen LogP contribution >= 0.6 is 0 Å². The minimum atomic E-state index is -0.542. The molecule has 200 valence electrons. The van der Waals surface area contributed by atoms with Gasteiger partial charge in [-0.15, -0.1) is 0 Å². The molecule has 5 heteroatoms. The highest BCUT2D eigenvalue weighted by Gasteiger charge is 2.42. The van der Waals surface area contributed by atoms with Gasteiger partial charge in [0, 0.05) is 12.4 Å². The molecule has 1 unspecified atom stereocenters. The summed E-state index contributed by atoms with van der Waals surface area (Å²) in [6.45, 7) is 2.06. The highest BCUT2D eigenvalue weighted by Crippen LogP contribution is 2.24. The lowest BCUT2D eigenvalue weighted by atomic mass is 10.0. The van der Waals surface area contributed by atoms with E-state index >= 15 is 0 Å². The first-order valence-electron chi connectivity index (χ1n) is 13.3. The molecule has 1 heterocycles. The van der Waals surface area contributed by atoms with Crippen LogP contribution in [0, 0.1) is 0 Å². The van der Waals surface area contributed by atoms with Crippen LogP contribution in [0.25, 0.3) is 0 Å². The lowest BCUT2D eigenvalue weighted by molar-refractivity contribution is -0.222. The summed E-state index contributed by atoms with van der Waals surface area (Å²) in [6, 6.07) is 40.4. The summed E-state index contributed by atoms with van der Waals surface area (Å²) < 4.78 is 31.5. The van der Waals surface area contributed by atoms with E-state index < -0.39 is 24.4 Å². The third-order valence-electron chi connectivity index (χ3n) is 6.56. The van der Waals surface area contributed by atoms with Gasteiger partial charge >= 0.3 is 0 Å². The molecule has 1 aliphatic heterocycles. The average Bonchev–Trinajstić information content (AvgIpc) is 3.00. The number of hydrogen-bond acceptors (Lipinski definition) is 4. The van der Waals surface area contributed by atoms with E-state index in [1.54, 1.807) is 0 Å². The van der Waals surface area contributed by atoms with Crippen LogP contribution in [0.5, 0.6) is 0 Å². The zero-order valence-corrected chi connectivity index (χ0v) is 21.9. The monoisotopic (exact) mass is 522 g/mol. The van der Waals surface area contributed by atoms with Crippen molar-refractivity contribution in [1.29, 1.82) is 0 Å². The van der Waals surface area contributed by atoms with Gasteiger partial charge in [-0.2, -0.15) is 0 Å². The molecule has 4 aromatic rings. The third kappa shape index (κ3) is 8.19. The molecule has 0 aliphatic carbocycles. The highest BCUT2D eigenvalue weighted by molar-refractivity contribution is 5.60. The highest BCUT2D eigenvalue weighted by atomic mass is 16.6. The maximum Gasteiger partial charge on any atom is 0.278 e. The molecule has 4 atom stereocenters. The van der Waals surface area contributed by atoms with E-state index in [1.165, 1.54) is 0 Å². The van der Waals surface area contributed by atoms with E-state index in [4.69, 9.17) is 23.4 Å². The van der Waals surface area contributed by atoms with E-state index in [9.17, 15) is 0 Å². The molecule has 39 heavy (non-hydrogen) atoms. The normalized spacial score (nSPS) is 20.6. The zero-order chi connectivity index (χ0) is 26.5. The number of rotatable bonds is 13. The maximum atomic E-state index is 6.52. The van der Waals surface area contributed by atoms with Crippen molar-refractivity contribution in [1.82, 2.24) is 0 Å². The fraction of sp³-hybridized carbons (Fsp3) is 0.265. The summed E-state index contributed by atoms with van der Waals surface area (Å²) in [7, 11) is 0. The minimum Gasteiger partial charge on any atom is -0.446 e. The maximum absolute atomic E-state index is 6.52. The predicted molar refractivity (Wildman–Crippen MR) is 151 cm³/mol. The van der Waals surface area contributed by atoms with Gasteiger partial charge in [0.2, 0.25) is 0 Å². The van der Waals surface area contributed by atoms with Crippen molar-refractivity contribution in [3.8, 4) is 0 Å². The lowest BCUT2D eigenvalue weighted by Gasteiger charge is -2.38. The van der Waals surface area contributed by atoms with Gasteiger partial charge in [0.05, 0.1) is 32.5 Å². The molecule has 0 bridgehead atoms. The van der Waals surface area contributed by atoms with Crippen LogP contribution in [-0.4, -0.2) is 37.3 Å². The number of carbonyl (C=O) groups excluding carboxylic acids is 1.